The van der Waals surface area contributed by atoms with E-state index in [1.54, 1.807) is 0 Å². The largest absolute Gasteiger partial charge is 0.481 e. The Bertz CT molecular complexity index is 968. The van der Waals surface area contributed by atoms with Crippen molar-refractivity contribution in [3.63, 3.8) is 0 Å². The van der Waals surface area contributed by atoms with Crippen LogP contribution in [0.15, 0.2) is 48.5 Å². The summed E-state index contributed by atoms with van der Waals surface area (Å²) in [4.78, 5) is 35.5. The van der Waals surface area contributed by atoms with Crippen LogP contribution >= 0.6 is 0 Å². The molecule has 2 atom stereocenters. The third-order valence-electron chi connectivity index (χ3n) is 5.66. The molecule has 0 heterocycles. The highest BCUT2D eigenvalue weighted by molar-refractivity contribution is 5.85. The van der Waals surface area contributed by atoms with Crippen LogP contribution in [0.4, 0.5) is 13.6 Å². The Morgan fingerprint density at radius 3 is 2.15 bits per heavy atom. The Morgan fingerprint density at radius 1 is 1.03 bits per heavy atom. The normalized spacial score (nSPS) is 14.2. The van der Waals surface area contributed by atoms with Gasteiger partial charge in [-0.05, 0) is 28.7 Å². The van der Waals surface area contributed by atoms with Crippen LogP contribution in [0.3, 0.4) is 0 Å². The summed E-state index contributed by atoms with van der Waals surface area (Å²) in [5.74, 6) is -2.75. The van der Waals surface area contributed by atoms with Crippen molar-refractivity contribution >= 4 is 18.0 Å². The first-order valence-electron chi connectivity index (χ1n) is 10.7. The van der Waals surface area contributed by atoms with E-state index in [1.807, 2.05) is 48.5 Å². The lowest BCUT2D eigenvalue weighted by Gasteiger charge is -2.20. The molecule has 0 fully saturated rings. The second kappa shape index (κ2) is 10.9. The van der Waals surface area contributed by atoms with Gasteiger partial charge in [-0.25, -0.2) is 13.6 Å². The number of carbonyl (C=O) groups excluding carboxylic acids is 2. The first kappa shape index (κ1) is 24.2. The van der Waals surface area contributed by atoms with E-state index in [9.17, 15) is 23.2 Å². The van der Waals surface area contributed by atoms with Gasteiger partial charge >= 0.3 is 12.1 Å². The van der Waals surface area contributed by atoms with Crippen molar-refractivity contribution in [2.45, 2.75) is 38.2 Å². The number of ether oxygens (including phenoxy) is 1. The molecule has 0 radical (unpaired) electrons. The SMILES string of the molecule is CC(CCNC(=O)C(CC(F)F)NC(=O)OCC1c2ccccc2-c2ccccc21)C(=O)O. The molecule has 176 valence electrons. The van der Waals surface area contributed by atoms with Crippen LogP contribution in [-0.4, -0.2) is 48.7 Å². The molecule has 2 aromatic carbocycles. The third-order valence-corrected chi connectivity index (χ3v) is 5.66. The van der Waals surface area contributed by atoms with E-state index in [0.717, 1.165) is 22.3 Å². The van der Waals surface area contributed by atoms with Crippen LogP contribution in [0, 0.1) is 5.92 Å². The fourth-order valence-electron chi connectivity index (χ4n) is 3.85. The number of nitrogens with one attached hydrogen (secondary N) is 2. The molecular weight excluding hydrogens is 434 g/mol. The zero-order valence-corrected chi connectivity index (χ0v) is 18.1. The molecule has 1 aliphatic rings. The summed E-state index contributed by atoms with van der Waals surface area (Å²) in [7, 11) is 0. The first-order valence-corrected chi connectivity index (χ1v) is 10.7. The highest BCUT2D eigenvalue weighted by Crippen LogP contribution is 2.44. The predicted octanol–water partition coefficient (Wildman–Crippen LogP) is 3.78. The topological polar surface area (TPSA) is 105 Å². The van der Waals surface area contributed by atoms with Crippen LogP contribution in [-0.2, 0) is 14.3 Å². The van der Waals surface area contributed by atoms with Gasteiger partial charge in [-0.3, -0.25) is 9.59 Å². The van der Waals surface area contributed by atoms with E-state index in [4.69, 9.17) is 9.84 Å². The number of fused-ring (bicyclic) bond motifs is 3. The van der Waals surface area contributed by atoms with Gasteiger partial charge < -0.3 is 20.5 Å². The van der Waals surface area contributed by atoms with E-state index in [1.165, 1.54) is 6.92 Å². The molecule has 0 saturated heterocycles. The molecule has 0 bridgehead atoms. The number of rotatable bonds is 10. The maximum atomic E-state index is 13.0. The Kier molecular flexibility index (Phi) is 7.97. The number of carbonyl (C=O) groups is 3. The Labute approximate surface area is 190 Å². The molecule has 2 amide bonds. The summed E-state index contributed by atoms with van der Waals surface area (Å²) in [6, 6.07) is 14.0. The average Bonchev–Trinajstić information content (AvgIpc) is 3.10. The van der Waals surface area contributed by atoms with Crippen LogP contribution < -0.4 is 10.6 Å². The predicted molar refractivity (Wildman–Crippen MR) is 117 cm³/mol. The monoisotopic (exact) mass is 460 g/mol. The molecule has 33 heavy (non-hydrogen) atoms. The van der Waals surface area contributed by atoms with Gasteiger partial charge in [-0.2, -0.15) is 0 Å². The summed E-state index contributed by atoms with van der Waals surface area (Å²) < 4.78 is 31.3. The molecule has 2 unspecified atom stereocenters. The Hall–Kier alpha value is -3.49. The number of amides is 2. The second-order valence-electron chi connectivity index (χ2n) is 7.97. The molecule has 9 heteroatoms. The number of aliphatic carboxylic acids is 1. The fourth-order valence-corrected chi connectivity index (χ4v) is 3.85. The number of carboxylic acid groups (broad SMARTS) is 1. The maximum Gasteiger partial charge on any atom is 0.407 e. The smallest absolute Gasteiger partial charge is 0.407 e. The molecule has 0 spiro atoms. The quantitative estimate of drug-likeness (QED) is 0.501. The minimum Gasteiger partial charge on any atom is -0.481 e. The van der Waals surface area contributed by atoms with Gasteiger partial charge in [-0.1, -0.05) is 55.5 Å². The lowest BCUT2D eigenvalue weighted by atomic mass is 9.98. The van der Waals surface area contributed by atoms with Crippen molar-refractivity contribution in [2.24, 2.45) is 5.92 Å². The zero-order chi connectivity index (χ0) is 24.0. The van der Waals surface area contributed by atoms with Crippen molar-refractivity contribution in [1.82, 2.24) is 10.6 Å². The van der Waals surface area contributed by atoms with Gasteiger partial charge in [0, 0.05) is 18.9 Å². The molecule has 2 aromatic rings. The number of hydrogen-bond donors (Lipinski definition) is 3. The van der Waals surface area contributed by atoms with Crippen molar-refractivity contribution in [3.8, 4) is 11.1 Å². The first-order chi connectivity index (χ1) is 15.8. The molecule has 0 aliphatic heterocycles. The van der Waals surface area contributed by atoms with Gasteiger partial charge in [0.15, 0.2) is 0 Å². The van der Waals surface area contributed by atoms with Crippen LogP contribution in [0.2, 0.25) is 0 Å². The minimum atomic E-state index is -2.83. The Balaban J connectivity index is 1.59. The standard InChI is InChI=1S/C24H26F2N2O5/c1-14(23(30)31)10-11-27-22(29)20(12-21(25)26)28-24(32)33-13-19-17-8-4-2-6-15(17)16-7-3-5-9-18(16)19/h2-9,14,19-21H,10-13H2,1H3,(H,27,29)(H,28,32)(H,30,31). The lowest BCUT2D eigenvalue weighted by molar-refractivity contribution is -0.141. The van der Waals surface area contributed by atoms with E-state index in [0.29, 0.717) is 0 Å². The van der Waals surface area contributed by atoms with Crippen LogP contribution in [0.5, 0.6) is 0 Å². The second-order valence-corrected chi connectivity index (χ2v) is 7.97. The number of benzene rings is 2. The van der Waals surface area contributed by atoms with Gasteiger partial charge in [0.2, 0.25) is 12.3 Å². The summed E-state index contributed by atoms with van der Waals surface area (Å²) in [5, 5.41) is 13.5. The molecule has 1 aliphatic carbocycles. The maximum absolute atomic E-state index is 13.0. The fraction of sp³-hybridized carbons (Fsp3) is 0.375. The molecule has 0 saturated carbocycles. The molecule has 0 aromatic heterocycles. The average molecular weight is 460 g/mol. The minimum absolute atomic E-state index is 0.0149. The third kappa shape index (κ3) is 6.06. The summed E-state index contributed by atoms with van der Waals surface area (Å²) in [6.07, 6.45) is -4.55. The highest BCUT2D eigenvalue weighted by atomic mass is 19.3. The van der Waals surface area contributed by atoms with Crippen molar-refractivity contribution in [1.29, 1.82) is 0 Å². The van der Waals surface area contributed by atoms with Gasteiger partial charge in [-0.15, -0.1) is 0 Å². The van der Waals surface area contributed by atoms with Crippen LogP contribution in [0.1, 0.15) is 36.8 Å². The summed E-state index contributed by atoms with van der Waals surface area (Å²) in [5.41, 5.74) is 4.10. The van der Waals surface area contributed by atoms with Gasteiger partial charge in [0.25, 0.3) is 0 Å². The van der Waals surface area contributed by atoms with Gasteiger partial charge in [0.1, 0.15) is 12.6 Å². The van der Waals surface area contributed by atoms with E-state index in [-0.39, 0.29) is 25.5 Å². The van der Waals surface area contributed by atoms with Crippen molar-refractivity contribution in [2.75, 3.05) is 13.2 Å². The number of alkyl halides is 2. The van der Waals surface area contributed by atoms with Gasteiger partial charge in [0.05, 0.1) is 5.92 Å². The molecule has 3 N–H and O–H groups in total. The number of carboxylic acids is 1. The lowest BCUT2D eigenvalue weighted by Crippen LogP contribution is -2.48. The van der Waals surface area contributed by atoms with Crippen molar-refractivity contribution < 1.29 is 33.0 Å². The van der Waals surface area contributed by atoms with Crippen molar-refractivity contribution in [3.05, 3.63) is 59.7 Å². The number of alkyl carbamates (subject to hydrolysis) is 1. The van der Waals surface area contributed by atoms with Crippen LogP contribution in [0.25, 0.3) is 11.1 Å². The molecule has 7 nitrogen and oxygen atoms in total. The highest BCUT2D eigenvalue weighted by Gasteiger charge is 2.30. The zero-order valence-electron chi connectivity index (χ0n) is 18.1. The molecule has 3 rings (SSSR count). The van der Waals surface area contributed by atoms with E-state index in [2.05, 4.69) is 10.6 Å². The summed E-state index contributed by atoms with van der Waals surface area (Å²) >= 11 is 0. The molecular formula is C24H26F2N2O5. The summed E-state index contributed by atoms with van der Waals surface area (Å²) in [6.45, 7) is 1.44. The number of halogens is 2. The van der Waals surface area contributed by atoms with E-state index < -0.39 is 42.8 Å². The van der Waals surface area contributed by atoms with E-state index >= 15 is 0 Å². The number of hydrogen-bond acceptors (Lipinski definition) is 4. The Morgan fingerprint density at radius 2 is 1.61 bits per heavy atom.